The van der Waals surface area contributed by atoms with Crippen molar-refractivity contribution in [2.24, 2.45) is 5.73 Å². The third-order valence-electron chi connectivity index (χ3n) is 1.91. The van der Waals surface area contributed by atoms with Crippen molar-refractivity contribution in [1.82, 2.24) is 9.97 Å². The minimum Gasteiger partial charge on any atom is -0.481 e. The van der Waals surface area contributed by atoms with E-state index in [1.54, 1.807) is 0 Å². The first-order valence-corrected chi connectivity index (χ1v) is 5.10. The largest absolute Gasteiger partial charge is 0.481 e. The lowest BCUT2D eigenvalue weighted by atomic mass is 10.3. The minimum atomic E-state index is -0.761. The molecule has 0 aromatic carbocycles. The molecular formula is C9H13ClN4O3. The Labute approximate surface area is 103 Å². The summed E-state index contributed by atoms with van der Waals surface area (Å²) < 4.78 is 9.75. The lowest BCUT2D eigenvalue weighted by Gasteiger charge is -2.12. The molecule has 0 spiro atoms. The molecule has 1 unspecified atom stereocenters. The third kappa shape index (κ3) is 3.81. The number of carbonyl (C=O) groups excluding carboxylic acids is 1. The van der Waals surface area contributed by atoms with E-state index < -0.39 is 12.0 Å². The summed E-state index contributed by atoms with van der Waals surface area (Å²) in [7, 11) is 2.82. The van der Waals surface area contributed by atoms with Crippen LogP contribution in [0.1, 0.15) is 0 Å². The van der Waals surface area contributed by atoms with Crippen LogP contribution in [0.25, 0.3) is 0 Å². The van der Waals surface area contributed by atoms with Crippen LogP contribution in [0.15, 0.2) is 6.07 Å². The highest BCUT2D eigenvalue weighted by molar-refractivity contribution is 6.29. The fourth-order valence-corrected chi connectivity index (χ4v) is 1.23. The van der Waals surface area contributed by atoms with Gasteiger partial charge in [0.2, 0.25) is 11.8 Å². The monoisotopic (exact) mass is 260 g/mol. The lowest BCUT2D eigenvalue weighted by Crippen LogP contribution is -2.36. The number of hydrogen-bond acceptors (Lipinski definition) is 6. The second-order valence-electron chi connectivity index (χ2n) is 3.01. The highest BCUT2D eigenvalue weighted by Gasteiger charge is 2.17. The van der Waals surface area contributed by atoms with E-state index in [0.29, 0.717) is 0 Å². The number of amides is 1. The summed E-state index contributed by atoms with van der Waals surface area (Å²) in [6.07, 6.45) is -0.761. The molecule has 0 bridgehead atoms. The predicted octanol–water partition coefficient (Wildman–Crippen LogP) is 0.0508. The van der Waals surface area contributed by atoms with Crippen molar-refractivity contribution in [1.29, 1.82) is 0 Å². The van der Waals surface area contributed by atoms with E-state index in [2.05, 4.69) is 15.3 Å². The average molecular weight is 261 g/mol. The molecule has 0 aliphatic carbocycles. The number of rotatable bonds is 5. The second-order valence-corrected chi connectivity index (χ2v) is 3.39. The van der Waals surface area contributed by atoms with Crippen LogP contribution in [0, 0.1) is 0 Å². The van der Waals surface area contributed by atoms with Crippen molar-refractivity contribution in [3.05, 3.63) is 11.2 Å². The van der Waals surface area contributed by atoms with E-state index in [4.69, 9.17) is 26.8 Å². The molecule has 0 saturated carbocycles. The number of hydrogen-bond donors (Lipinski definition) is 2. The summed E-state index contributed by atoms with van der Waals surface area (Å²) in [5.74, 6) is -0.156. The number of carbonyl (C=O) groups is 1. The fourth-order valence-electron chi connectivity index (χ4n) is 1.06. The lowest BCUT2D eigenvalue weighted by molar-refractivity contribution is -0.125. The van der Waals surface area contributed by atoms with Crippen molar-refractivity contribution in [2.45, 2.75) is 6.10 Å². The van der Waals surface area contributed by atoms with Crippen LogP contribution in [0.4, 0.5) is 5.95 Å². The van der Waals surface area contributed by atoms with Gasteiger partial charge in [0.05, 0.1) is 7.11 Å². The van der Waals surface area contributed by atoms with E-state index in [9.17, 15) is 4.79 Å². The molecule has 7 nitrogen and oxygen atoms in total. The van der Waals surface area contributed by atoms with Gasteiger partial charge in [0, 0.05) is 19.7 Å². The zero-order valence-electron chi connectivity index (χ0n) is 9.44. The van der Waals surface area contributed by atoms with E-state index >= 15 is 0 Å². The molecule has 3 N–H and O–H groups in total. The Morgan fingerprint density at radius 1 is 1.59 bits per heavy atom. The quantitative estimate of drug-likeness (QED) is 0.726. The Morgan fingerprint density at radius 3 is 2.82 bits per heavy atom. The van der Waals surface area contributed by atoms with E-state index in [0.717, 1.165) is 0 Å². The van der Waals surface area contributed by atoms with Crippen LogP contribution in [0.5, 0.6) is 5.88 Å². The van der Waals surface area contributed by atoms with Crippen LogP contribution in [-0.2, 0) is 9.53 Å². The van der Waals surface area contributed by atoms with Crippen molar-refractivity contribution < 1.29 is 14.3 Å². The molecule has 94 valence electrons. The summed E-state index contributed by atoms with van der Waals surface area (Å²) in [5.41, 5.74) is 5.35. The molecule has 17 heavy (non-hydrogen) atoms. The first-order chi connectivity index (χ1) is 8.10. The topological polar surface area (TPSA) is 99.4 Å². The Kier molecular flexibility index (Phi) is 5.08. The van der Waals surface area contributed by atoms with Crippen LogP contribution in [0.3, 0.4) is 0 Å². The van der Waals surface area contributed by atoms with Gasteiger partial charge < -0.3 is 15.2 Å². The second kappa shape index (κ2) is 6.33. The molecule has 1 aromatic rings. The molecule has 0 aliphatic rings. The van der Waals surface area contributed by atoms with Gasteiger partial charge in [-0.3, -0.25) is 10.1 Å². The summed E-state index contributed by atoms with van der Waals surface area (Å²) >= 11 is 5.72. The Balaban J connectivity index is 2.80. The summed E-state index contributed by atoms with van der Waals surface area (Å²) in [4.78, 5) is 19.3. The SMILES string of the molecule is COc1cc(Cl)nc(NC(=O)C(CN)OC)n1. The highest BCUT2D eigenvalue weighted by atomic mass is 35.5. The molecular weight excluding hydrogens is 248 g/mol. The highest BCUT2D eigenvalue weighted by Crippen LogP contribution is 2.15. The summed E-state index contributed by atoms with van der Waals surface area (Å²) in [6.45, 7) is 0.0556. The molecule has 1 aromatic heterocycles. The van der Waals surface area contributed by atoms with Gasteiger partial charge in [-0.1, -0.05) is 11.6 Å². The van der Waals surface area contributed by atoms with Crippen molar-refractivity contribution >= 4 is 23.5 Å². The molecule has 1 heterocycles. The maximum absolute atomic E-state index is 11.6. The summed E-state index contributed by atoms with van der Waals surface area (Å²) in [5, 5.41) is 2.59. The van der Waals surface area contributed by atoms with Crippen molar-refractivity contribution in [3.8, 4) is 5.88 Å². The molecule has 0 saturated heterocycles. The summed E-state index contributed by atoms with van der Waals surface area (Å²) in [6, 6.07) is 1.42. The van der Waals surface area contributed by atoms with Gasteiger partial charge in [0.1, 0.15) is 11.3 Å². The standard InChI is InChI=1S/C9H13ClN4O3/c1-16-5(4-11)8(15)14-9-12-6(10)3-7(13-9)17-2/h3,5H,4,11H2,1-2H3,(H,12,13,14,15). The first-order valence-electron chi connectivity index (χ1n) is 4.73. The number of methoxy groups -OCH3 is 2. The smallest absolute Gasteiger partial charge is 0.257 e. The maximum Gasteiger partial charge on any atom is 0.257 e. The van der Waals surface area contributed by atoms with Gasteiger partial charge in [-0.15, -0.1) is 0 Å². The molecule has 1 rings (SSSR count). The molecule has 8 heteroatoms. The van der Waals surface area contributed by atoms with Gasteiger partial charge in [0.25, 0.3) is 5.91 Å². The van der Waals surface area contributed by atoms with Crippen molar-refractivity contribution in [2.75, 3.05) is 26.1 Å². The van der Waals surface area contributed by atoms with Gasteiger partial charge in [-0.2, -0.15) is 4.98 Å². The zero-order valence-corrected chi connectivity index (χ0v) is 10.2. The zero-order chi connectivity index (χ0) is 12.8. The molecule has 0 radical (unpaired) electrons. The number of nitrogens with zero attached hydrogens (tertiary/aromatic N) is 2. The third-order valence-corrected chi connectivity index (χ3v) is 2.10. The normalized spacial score (nSPS) is 12.0. The van der Waals surface area contributed by atoms with Crippen LogP contribution >= 0.6 is 11.6 Å². The predicted molar refractivity (Wildman–Crippen MR) is 62.1 cm³/mol. The van der Waals surface area contributed by atoms with E-state index in [-0.39, 0.29) is 23.5 Å². The number of halogens is 1. The molecule has 1 amide bonds. The van der Waals surface area contributed by atoms with Gasteiger partial charge in [-0.05, 0) is 0 Å². The van der Waals surface area contributed by atoms with E-state index in [1.165, 1.54) is 20.3 Å². The minimum absolute atomic E-state index is 0.0369. The maximum atomic E-state index is 11.6. The van der Waals surface area contributed by atoms with Crippen LogP contribution in [0.2, 0.25) is 5.15 Å². The number of ether oxygens (including phenoxy) is 2. The van der Waals surface area contributed by atoms with Gasteiger partial charge in [0.15, 0.2) is 0 Å². The Hall–Kier alpha value is -1.44. The van der Waals surface area contributed by atoms with Crippen LogP contribution < -0.4 is 15.8 Å². The molecule has 0 fully saturated rings. The fraction of sp³-hybridized carbons (Fsp3) is 0.444. The van der Waals surface area contributed by atoms with E-state index in [1.807, 2.05) is 0 Å². The molecule has 0 aliphatic heterocycles. The van der Waals surface area contributed by atoms with Gasteiger partial charge in [-0.25, -0.2) is 4.98 Å². The average Bonchev–Trinajstić information content (AvgIpc) is 2.29. The van der Waals surface area contributed by atoms with Gasteiger partial charge >= 0.3 is 0 Å². The Bertz CT molecular complexity index is 398. The number of nitrogens with one attached hydrogen (secondary N) is 1. The number of aromatic nitrogens is 2. The number of anilines is 1. The number of nitrogens with two attached hydrogens (primary N) is 1. The van der Waals surface area contributed by atoms with Crippen molar-refractivity contribution in [3.63, 3.8) is 0 Å². The Morgan fingerprint density at radius 2 is 2.29 bits per heavy atom. The molecule has 1 atom stereocenters. The van der Waals surface area contributed by atoms with Crippen LogP contribution in [-0.4, -0.2) is 42.7 Å². The first kappa shape index (κ1) is 13.6.